The molecule has 1 amide bonds. The van der Waals surface area contributed by atoms with Crippen LogP contribution in [-0.2, 0) is 10.3 Å². The molecule has 0 unspecified atom stereocenters. The minimum absolute atomic E-state index is 0.0845. The zero-order valence-electron chi connectivity index (χ0n) is 19.6. The Bertz CT molecular complexity index is 1120. The fourth-order valence-electron chi connectivity index (χ4n) is 4.55. The average molecular weight is 464 g/mol. The summed E-state index contributed by atoms with van der Waals surface area (Å²) < 4.78 is 19.6. The van der Waals surface area contributed by atoms with Gasteiger partial charge in [-0.15, -0.1) is 0 Å². The molecule has 1 aliphatic heterocycles. The monoisotopic (exact) mass is 463 g/mol. The number of unbranched alkanes of at least 4 members (excludes halogenated alkanes) is 1. The first-order valence-electron chi connectivity index (χ1n) is 11.7. The Balaban J connectivity index is 1.51. The molecule has 6 nitrogen and oxygen atoms in total. The highest BCUT2D eigenvalue weighted by Crippen LogP contribution is 2.41. The van der Waals surface area contributed by atoms with Crippen molar-refractivity contribution in [2.24, 2.45) is 0 Å². The molecule has 178 valence electrons. The molecule has 3 aromatic rings. The topological polar surface area (TPSA) is 75.6 Å². The number of nitrogens with zero attached hydrogens (tertiary/aromatic N) is 3. The molecule has 1 aromatic heterocycles. The molecule has 1 saturated heterocycles. The number of benzene rings is 2. The second kappa shape index (κ2) is 10.3. The number of hydrogen-bond donors (Lipinski definition) is 1. The van der Waals surface area contributed by atoms with Crippen LogP contribution in [0.25, 0.3) is 11.3 Å². The van der Waals surface area contributed by atoms with Gasteiger partial charge in [-0.2, -0.15) is 0 Å². The third-order valence-electron chi connectivity index (χ3n) is 6.57. The van der Waals surface area contributed by atoms with Crippen molar-refractivity contribution in [1.29, 1.82) is 0 Å². The number of carbonyl (C=O) groups excluding carboxylic acids is 1. The van der Waals surface area contributed by atoms with E-state index < -0.39 is 5.60 Å². The van der Waals surface area contributed by atoms with E-state index in [2.05, 4.69) is 9.97 Å². The smallest absolute Gasteiger partial charge is 0.411 e. The van der Waals surface area contributed by atoms with Gasteiger partial charge < -0.3 is 14.7 Å². The summed E-state index contributed by atoms with van der Waals surface area (Å²) >= 11 is 0. The predicted molar refractivity (Wildman–Crippen MR) is 127 cm³/mol. The molecule has 1 aliphatic rings. The molecule has 0 radical (unpaired) electrons. The standard InChI is InChI=1S/C27H30FN3O3/c1-19(21-5-7-22(8-6-21)25-13-16-29-20(2)30-25)31-17-15-27(34-26(31)33,14-3-4-18-32)23-9-11-24(28)12-10-23/h5-13,16,19,32H,3-4,14-15,17-18H2,1-2H3/t19-,27+/m0/s1. The highest BCUT2D eigenvalue weighted by molar-refractivity contribution is 5.70. The number of rotatable bonds is 8. The Morgan fingerprint density at radius 3 is 2.50 bits per heavy atom. The van der Waals surface area contributed by atoms with E-state index in [1.165, 1.54) is 12.1 Å². The first-order valence-corrected chi connectivity index (χ1v) is 11.7. The van der Waals surface area contributed by atoms with Crippen LogP contribution in [0.3, 0.4) is 0 Å². The number of aliphatic hydroxyl groups excluding tert-OH is 1. The summed E-state index contributed by atoms with van der Waals surface area (Å²) in [6.45, 7) is 4.45. The van der Waals surface area contributed by atoms with Gasteiger partial charge in [0.25, 0.3) is 0 Å². The average Bonchev–Trinajstić information content (AvgIpc) is 2.84. The Kier molecular flexibility index (Phi) is 7.22. The Morgan fingerprint density at radius 1 is 1.12 bits per heavy atom. The molecule has 0 bridgehead atoms. The number of aryl methyl sites for hydroxylation is 1. The van der Waals surface area contributed by atoms with Crippen molar-refractivity contribution in [1.82, 2.24) is 14.9 Å². The van der Waals surface area contributed by atoms with E-state index in [-0.39, 0.29) is 24.6 Å². The Morgan fingerprint density at radius 2 is 1.85 bits per heavy atom. The minimum Gasteiger partial charge on any atom is -0.438 e. The summed E-state index contributed by atoms with van der Waals surface area (Å²) in [6, 6.07) is 15.9. The number of cyclic esters (lactones) is 1. The van der Waals surface area contributed by atoms with Crippen LogP contribution in [0.15, 0.2) is 60.8 Å². The second-order valence-corrected chi connectivity index (χ2v) is 8.78. The summed E-state index contributed by atoms with van der Waals surface area (Å²) in [5, 5.41) is 9.21. The number of aromatic nitrogens is 2. The van der Waals surface area contributed by atoms with Gasteiger partial charge in [-0.3, -0.25) is 0 Å². The lowest BCUT2D eigenvalue weighted by molar-refractivity contribution is -0.0669. The second-order valence-electron chi connectivity index (χ2n) is 8.78. The number of aliphatic hydroxyl groups is 1. The molecule has 0 spiro atoms. The van der Waals surface area contributed by atoms with E-state index in [0.717, 1.165) is 28.2 Å². The summed E-state index contributed by atoms with van der Waals surface area (Å²) in [5.74, 6) is 0.391. The van der Waals surface area contributed by atoms with Crippen molar-refractivity contribution in [3.8, 4) is 11.3 Å². The van der Waals surface area contributed by atoms with Crippen LogP contribution in [0.4, 0.5) is 9.18 Å². The van der Waals surface area contributed by atoms with E-state index in [4.69, 9.17) is 4.74 Å². The molecule has 2 heterocycles. The first-order chi connectivity index (χ1) is 16.4. The largest absolute Gasteiger partial charge is 0.438 e. The highest BCUT2D eigenvalue weighted by Gasteiger charge is 2.43. The van der Waals surface area contributed by atoms with Gasteiger partial charge in [0.15, 0.2) is 0 Å². The molecule has 1 N–H and O–H groups in total. The lowest BCUT2D eigenvalue weighted by Gasteiger charge is -2.43. The van der Waals surface area contributed by atoms with Crippen molar-refractivity contribution < 1.29 is 19.0 Å². The van der Waals surface area contributed by atoms with Crippen molar-refractivity contribution in [2.75, 3.05) is 13.2 Å². The van der Waals surface area contributed by atoms with Crippen LogP contribution in [-0.4, -0.2) is 39.2 Å². The van der Waals surface area contributed by atoms with Crippen molar-refractivity contribution >= 4 is 6.09 Å². The third-order valence-corrected chi connectivity index (χ3v) is 6.57. The zero-order chi connectivity index (χ0) is 24.1. The van der Waals surface area contributed by atoms with Crippen LogP contribution < -0.4 is 0 Å². The Hall–Kier alpha value is -3.32. The summed E-state index contributed by atoms with van der Waals surface area (Å²) in [4.78, 5) is 23.5. The van der Waals surface area contributed by atoms with Gasteiger partial charge >= 0.3 is 6.09 Å². The normalized spacial score (nSPS) is 19.1. The summed E-state index contributed by atoms with van der Waals surface area (Å²) in [7, 11) is 0. The fraction of sp³-hybridized carbons (Fsp3) is 0.370. The number of carbonyl (C=O) groups is 1. The number of hydrogen-bond acceptors (Lipinski definition) is 5. The molecular weight excluding hydrogens is 433 g/mol. The molecule has 0 aliphatic carbocycles. The first kappa shape index (κ1) is 23.8. The maximum atomic E-state index is 13.5. The molecule has 1 fully saturated rings. The molecule has 0 saturated carbocycles. The maximum absolute atomic E-state index is 13.5. The quantitative estimate of drug-likeness (QED) is 0.443. The van der Waals surface area contributed by atoms with Gasteiger partial charge in [-0.05, 0) is 62.4 Å². The van der Waals surface area contributed by atoms with Crippen molar-refractivity contribution in [2.45, 2.75) is 51.2 Å². The lowest BCUT2D eigenvalue weighted by atomic mass is 9.84. The third kappa shape index (κ3) is 5.09. The van der Waals surface area contributed by atoms with Crippen LogP contribution in [0.5, 0.6) is 0 Å². The van der Waals surface area contributed by atoms with E-state index in [1.54, 1.807) is 23.2 Å². The van der Waals surface area contributed by atoms with Crippen LogP contribution in [0.1, 0.15) is 55.6 Å². The zero-order valence-corrected chi connectivity index (χ0v) is 19.6. The summed E-state index contributed by atoms with van der Waals surface area (Å²) in [5.41, 5.74) is 2.82. The molecule has 2 aromatic carbocycles. The molecule has 34 heavy (non-hydrogen) atoms. The molecule has 2 atom stereocenters. The highest BCUT2D eigenvalue weighted by atomic mass is 19.1. The van der Waals surface area contributed by atoms with Crippen LogP contribution >= 0.6 is 0 Å². The summed E-state index contributed by atoms with van der Waals surface area (Å²) in [6.07, 6.45) is 3.87. The van der Waals surface area contributed by atoms with Crippen LogP contribution in [0, 0.1) is 12.7 Å². The number of ether oxygens (including phenoxy) is 1. The van der Waals surface area contributed by atoms with Crippen LogP contribution in [0.2, 0.25) is 0 Å². The van der Waals surface area contributed by atoms with Gasteiger partial charge in [0, 0.05) is 31.3 Å². The van der Waals surface area contributed by atoms with Gasteiger partial charge in [-0.25, -0.2) is 19.2 Å². The van der Waals surface area contributed by atoms with Gasteiger partial charge in [0.2, 0.25) is 0 Å². The van der Waals surface area contributed by atoms with E-state index in [9.17, 15) is 14.3 Å². The van der Waals surface area contributed by atoms with Gasteiger partial charge in [-0.1, -0.05) is 36.4 Å². The molecule has 4 rings (SSSR count). The lowest BCUT2D eigenvalue weighted by Crippen LogP contribution is -2.48. The SMILES string of the molecule is Cc1nccc(-c2ccc([C@H](C)N3CC[C@](CCCCO)(c4ccc(F)cc4)OC3=O)cc2)n1. The molecule has 7 heteroatoms. The van der Waals surface area contributed by atoms with E-state index >= 15 is 0 Å². The van der Waals surface area contributed by atoms with Gasteiger partial charge in [0.05, 0.1) is 11.7 Å². The van der Waals surface area contributed by atoms with E-state index in [0.29, 0.717) is 32.2 Å². The predicted octanol–water partition coefficient (Wildman–Crippen LogP) is 5.55. The minimum atomic E-state index is -0.815. The fourth-order valence-corrected chi connectivity index (χ4v) is 4.55. The Labute approximate surface area is 199 Å². The maximum Gasteiger partial charge on any atom is 0.411 e. The van der Waals surface area contributed by atoms with E-state index in [1.807, 2.05) is 44.2 Å². The number of amides is 1. The molecular formula is C27H30FN3O3. The van der Waals surface area contributed by atoms with Crippen molar-refractivity contribution in [3.05, 3.63) is 83.6 Å². The van der Waals surface area contributed by atoms with Crippen molar-refractivity contribution in [3.63, 3.8) is 0 Å². The number of halogens is 1. The van der Waals surface area contributed by atoms with Gasteiger partial charge in [0.1, 0.15) is 17.2 Å².